The maximum atomic E-state index is 10.6. The van der Waals surface area contributed by atoms with Crippen molar-refractivity contribution in [3.8, 4) is 5.75 Å². The Morgan fingerprint density at radius 3 is 2.69 bits per heavy atom. The second-order valence-electron chi connectivity index (χ2n) is 8.97. The van der Waals surface area contributed by atoms with Crippen LogP contribution in [0.2, 0.25) is 0 Å². The molecule has 0 aromatic heterocycles. The predicted molar refractivity (Wildman–Crippen MR) is 113 cm³/mol. The molecule has 1 aliphatic heterocycles. The van der Waals surface area contributed by atoms with Gasteiger partial charge in [0, 0.05) is 5.41 Å². The fourth-order valence-corrected chi connectivity index (χ4v) is 4.59. The van der Waals surface area contributed by atoms with Gasteiger partial charge in [0.05, 0.1) is 24.9 Å². The summed E-state index contributed by atoms with van der Waals surface area (Å²) < 4.78 is 17.9. The van der Waals surface area contributed by atoms with Gasteiger partial charge < -0.3 is 19.3 Å². The Bertz CT molecular complexity index is 657. The molecule has 1 saturated carbocycles. The van der Waals surface area contributed by atoms with Gasteiger partial charge in [-0.15, -0.1) is 0 Å². The number of aliphatic carboxylic acids is 1. The minimum absolute atomic E-state index is 0.00731. The number of carbonyl (C=O) groups is 1. The molecule has 3 rings (SSSR count). The van der Waals surface area contributed by atoms with E-state index in [1.54, 1.807) is 0 Å². The van der Waals surface area contributed by atoms with E-state index >= 15 is 0 Å². The molecular formula is C24H36O5. The molecule has 2 atom stereocenters. The molecule has 1 N–H and O–H groups in total. The predicted octanol–water partition coefficient (Wildman–Crippen LogP) is 5.11. The van der Waals surface area contributed by atoms with Gasteiger partial charge in [-0.25, -0.2) is 4.79 Å². The minimum atomic E-state index is -0.931. The monoisotopic (exact) mass is 404 g/mol. The van der Waals surface area contributed by atoms with E-state index in [9.17, 15) is 4.79 Å². The van der Waals surface area contributed by atoms with Crippen LogP contribution >= 0.6 is 0 Å². The van der Waals surface area contributed by atoms with Gasteiger partial charge in [-0.05, 0) is 76.0 Å². The van der Waals surface area contributed by atoms with Crippen molar-refractivity contribution in [2.24, 2.45) is 0 Å². The van der Waals surface area contributed by atoms with Crippen LogP contribution in [0, 0.1) is 0 Å². The van der Waals surface area contributed by atoms with Gasteiger partial charge in [0.1, 0.15) is 12.4 Å². The largest absolute Gasteiger partial charge is 0.490 e. The highest BCUT2D eigenvalue weighted by Crippen LogP contribution is 2.43. The molecule has 1 aromatic carbocycles. The summed E-state index contributed by atoms with van der Waals surface area (Å²) in [7, 11) is 0. The average molecular weight is 405 g/mol. The van der Waals surface area contributed by atoms with E-state index in [4.69, 9.17) is 19.3 Å². The summed E-state index contributed by atoms with van der Waals surface area (Å²) in [5, 5.41) is 8.70. The van der Waals surface area contributed by atoms with Crippen LogP contribution in [-0.2, 0) is 19.7 Å². The third-order valence-corrected chi connectivity index (χ3v) is 6.81. The first kappa shape index (κ1) is 22.1. The molecule has 0 bridgehead atoms. The first-order valence-electron chi connectivity index (χ1n) is 11.2. The van der Waals surface area contributed by atoms with Gasteiger partial charge in [-0.1, -0.05) is 25.5 Å². The van der Waals surface area contributed by atoms with Crippen LogP contribution in [0.5, 0.6) is 5.75 Å². The second-order valence-corrected chi connectivity index (χ2v) is 8.97. The Kier molecular flexibility index (Phi) is 7.58. The maximum absolute atomic E-state index is 10.6. The zero-order valence-corrected chi connectivity index (χ0v) is 18.0. The van der Waals surface area contributed by atoms with Gasteiger partial charge in [-0.3, -0.25) is 0 Å². The third kappa shape index (κ3) is 5.95. The van der Waals surface area contributed by atoms with Crippen LogP contribution in [0.25, 0.3) is 0 Å². The van der Waals surface area contributed by atoms with E-state index in [0.717, 1.165) is 37.9 Å². The molecule has 0 spiro atoms. The summed E-state index contributed by atoms with van der Waals surface area (Å²) in [4.78, 5) is 10.6. The molecule has 2 fully saturated rings. The molecule has 2 aliphatic rings. The zero-order valence-electron chi connectivity index (χ0n) is 18.0. The Balaban J connectivity index is 1.60. The van der Waals surface area contributed by atoms with Crippen molar-refractivity contribution < 1.29 is 24.1 Å². The van der Waals surface area contributed by atoms with E-state index in [1.807, 2.05) is 0 Å². The molecule has 1 heterocycles. The smallest absolute Gasteiger partial charge is 0.329 e. The topological polar surface area (TPSA) is 65.0 Å². The van der Waals surface area contributed by atoms with Crippen LogP contribution < -0.4 is 4.74 Å². The molecular weight excluding hydrogens is 368 g/mol. The molecule has 29 heavy (non-hydrogen) atoms. The fourth-order valence-electron chi connectivity index (χ4n) is 4.59. The van der Waals surface area contributed by atoms with Crippen LogP contribution in [0.4, 0.5) is 0 Å². The third-order valence-electron chi connectivity index (χ3n) is 6.81. The number of rotatable bonds is 9. The van der Waals surface area contributed by atoms with E-state index in [-0.39, 0.29) is 17.6 Å². The Morgan fingerprint density at radius 2 is 2.03 bits per heavy atom. The number of hydrogen-bond acceptors (Lipinski definition) is 4. The van der Waals surface area contributed by atoms with E-state index < -0.39 is 5.97 Å². The lowest BCUT2D eigenvalue weighted by Crippen LogP contribution is -2.45. The molecule has 0 radical (unpaired) electrons. The normalized spacial score (nSPS) is 28.2. The van der Waals surface area contributed by atoms with Crippen molar-refractivity contribution in [3.63, 3.8) is 0 Å². The van der Waals surface area contributed by atoms with Crippen molar-refractivity contribution in [1.29, 1.82) is 0 Å². The molecule has 0 amide bonds. The lowest BCUT2D eigenvalue weighted by atomic mass is 9.71. The molecule has 1 aliphatic carbocycles. The van der Waals surface area contributed by atoms with Gasteiger partial charge in [0.25, 0.3) is 0 Å². The Hall–Kier alpha value is -1.59. The zero-order chi connectivity index (χ0) is 20.7. The lowest BCUT2D eigenvalue weighted by Gasteiger charge is -2.45. The summed E-state index contributed by atoms with van der Waals surface area (Å²) >= 11 is 0. The average Bonchev–Trinajstić information content (AvgIpc) is 2.73. The molecule has 5 heteroatoms. The summed E-state index contributed by atoms with van der Waals surface area (Å²) in [6, 6.07) is 8.62. The van der Waals surface area contributed by atoms with Crippen molar-refractivity contribution in [2.45, 2.75) is 88.8 Å². The van der Waals surface area contributed by atoms with Gasteiger partial charge in [0.15, 0.2) is 0 Å². The molecule has 1 aromatic rings. The van der Waals surface area contributed by atoms with Crippen molar-refractivity contribution in [2.75, 3.05) is 19.8 Å². The van der Waals surface area contributed by atoms with E-state index in [0.29, 0.717) is 25.7 Å². The van der Waals surface area contributed by atoms with Crippen LogP contribution in [-0.4, -0.2) is 42.6 Å². The standard InChI is InChI=1S/C24H36O5/c1-3-24(13-12-23(2,28-18-24)14-15-27-17-22(25)26)19-8-7-11-21(16-19)29-20-9-5-4-6-10-20/h7-8,11,16,20H,3-6,9-10,12-15,17-18H2,1-2H3,(H,25,26). The number of hydrogen-bond donors (Lipinski definition) is 1. The van der Waals surface area contributed by atoms with Gasteiger partial charge >= 0.3 is 5.97 Å². The minimum Gasteiger partial charge on any atom is -0.490 e. The van der Waals surface area contributed by atoms with Gasteiger partial charge in [-0.2, -0.15) is 0 Å². The summed E-state index contributed by atoms with van der Waals surface area (Å²) in [5.74, 6) is 0.0534. The number of carboxylic acids is 1. The van der Waals surface area contributed by atoms with Crippen LogP contribution in [0.1, 0.15) is 77.2 Å². The lowest BCUT2D eigenvalue weighted by molar-refractivity contribution is -0.144. The van der Waals surface area contributed by atoms with Gasteiger partial charge in [0.2, 0.25) is 0 Å². The first-order valence-corrected chi connectivity index (χ1v) is 11.2. The molecule has 5 nitrogen and oxygen atoms in total. The number of carboxylic acid groups (broad SMARTS) is 1. The summed E-state index contributed by atoms with van der Waals surface area (Å²) in [5.41, 5.74) is 1.05. The van der Waals surface area contributed by atoms with Crippen molar-refractivity contribution >= 4 is 5.97 Å². The van der Waals surface area contributed by atoms with E-state index in [1.165, 1.54) is 24.8 Å². The van der Waals surface area contributed by atoms with Crippen molar-refractivity contribution in [1.82, 2.24) is 0 Å². The fraction of sp³-hybridized carbons (Fsp3) is 0.708. The van der Waals surface area contributed by atoms with Crippen LogP contribution in [0.3, 0.4) is 0 Å². The second kappa shape index (κ2) is 9.94. The highest BCUT2D eigenvalue weighted by atomic mass is 16.5. The quantitative estimate of drug-likeness (QED) is 0.580. The first-order chi connectivity index (χ1) is 13.9. The maximum Gasteiger partial charge on any atom is 0.329 e. The highest BCUT2D eigenvalue weighted by Gasteiger charge is 2.41. The number of benzene rings is 1. The molecule has 2 unspecified atom stereocenters. The summed E-state index contributed by atoms with van der Waals surface area (Å²) in [6.45, 7) is 5.18. The van der Waals surface area contributed by atoms with Crippen LogP contribution in [0.15, 0.2) is 24.3 Å². The summed E-state index contributed by atoms with van der Waals surface area (Å²) in [6.07, 6.45) is 10.3. The van der Waals surface area contributed by atoms with E-state index in [2.05, 4.69) is 38.1 Å². The SMILES string of the molecule is CCC1(c2cccc(OC3CCCCC3)c2)CCC(C)(CCOCC(=O)O)OC1. The Labute approximate surface area is 174 Å². The molecule has 1 saturated heterocycles. The molecule has 162 valence electrons. The number of ether oxygens (including phenoxy) is 3. The van der Waals surface area contributed by atoms with Crippen molar-refractivity contribution in [3.05, 3.63) is 29.8 Å². The highest BCUT2D eigenvalue weighted by molar-refractivity contribution is 5.67. The Morgan fingerprint density at radius 1 is 1.24 bits per heavy atom.